The van der Waals surface area contributed by atoms with Crippen molar-refractivity contribution in [2.24, 2.45) is 0 Å². The van der Waals surface area contributed by atoms with Crippen LogP contribution in [0.15, 0.2) is 55.5 Å². The Hall–Kier alpha value is -4.52. The van der Waals surface area contributed by atoms with Crippen molar-refractivity contribution in [3.8, 4) is 22.9 Å². The summed E-state index contributed by atoms with van der Waals surface area (Å²) in [4.78, 5) is 34.4. The highest BCUT2D eigenvalue weighted by atomic mass is 16.6. The van der Waals surface area contributed by atoms with Crippen LogP contribution >= 0.6 is 0 Å². The number of benzene rings is 1. The number of carbonyl (C=O) groups is 1. The first kappa shape index (κ1) is 24.2. The smallest absolute Gasteiger partial charge is 0.410 e. The zero-order valence-corrected chi connectivity index (χ0v) is 21.3. The Morgan fingerprint density at radius 1 is 1.14 bits per heavy atom. The molecule has 0 spiro atoms. The van der Waals surface area contributed by atoms with Gasteiger partial charge in [-0.1, -0.05) is 6.07 Å². The van der Waals surface area contributed by atoms with Crippen LogP contribution in [0.4, 0.5) is 10.6 Å². The zero-order chi connectivity index (χ0) is 26.2. The number of fused-ring (bicyclic) bond motifs is 1. The van der Waals surface area contributed by atoms with Gasteiger partial charge in [0.05, 0.1) is 17.0 Å². The number of nitriles is 1. The van der Waals surface area contributed by atoms with E-state index >= 15 is 0 Å². The van der Waals surface area contributed by atoms with Gasteiger partial charge in [0.2, 0.25) is 0 Å². The number of rotatable bonds is 3. The third kappa shape index (κ3) is 4.80. The van der Waals surface area contributed by atoms with E-state index in [4.69, 9.17) is 9.72 Å². The van der Waals surface area contributed by atoms with Crippen molar-refractivity contribution in [2.45, 2.75) is 39.3 Å². The summed E-state index contributed by atoms with van der Waals surface area (Å²) in [6, 6.07) is 9.58. The van der Waals surface area contributed by atoms with Crippen molar-refractivity contribution in [2.75, 3.05) is 24.5 Å². The normalized spacial score (nSPS) is 16.0. The van der Waals surface area contributed by atoms with E-state index in [2.05, 4.69) is 32.8 Å². The molecule has 0 N–H and O–H groups in total. The molecule has 4 heterocycles. The van der Waals surface area contributed by atoms with Crippen molar-refractivity contribution < 1.29 is 9.53 Å². The molecule has 1 atom stereocenters. The molecule has 10 nitrogen and oxygen atoms in total. The third-order valence-corrected chi connectivity index (χ3v) is 6.24. The number of anilines is 1. The maximum atomic E-state index is 12.7. The summed E-state index contributed by atoms with van der Waals surface area (Å²) in [5.41, 5.74) is 3.26. The Bertz CT molecular complexity index is 1490. The summed E-state index contributed by atoms with van der Waals surface area (Å²) in [6.07, 6.45) is 8.25. The van der Waals surface area contributed by atoms with Gasteiger partial charge < -0.3 is 19.1 Å². The van der Waals surface area contributed by atoms with Gasteiger partial charge in [-0.15, -0.1) is 0 Å². The molecule has 4 aromatic rings. The van der Waals surface area contributed by atoms with Crippen LogP contribution in [0.25, 0.3) is 27.8 Å². The Labute approximate surface area is 215 Å². The van der Waals surface area contributed by atoms with Crippen LogP contribution in [0, 0.1) is 11.3 Å². The summed E-state index contributed by atoms with van der Waals surface area (Å²) in [6.45, 7) is 9.29. The summed E-state index contributed by atoms with van der Waals surface area (Å²) in [7, 11) is 0. The van der Waals surface area contributed by atoms with Crippen molar-refractivity contribution in [1.29, 1.82) is 5.26 Å². The highest BCUT2D eigenvalue weighted by molar-refractivity contribution is 6.02. The molecule has 10 heteroatoms. The van der Waals surface area contributed by atoms with Crippen LogP contribution in [-0.4, -0.2) is 66.8 Å². The van der Waals surface area contributed by atoms with Crippen LogP contribution in [0.5, 0.6) is 0 Å². The molecule has 1 amide bonds. The van der Waals surface area contributed by atoms with Crippen LogP contribution in [0.1, 0.15) is 33.3 Å². The van der Waals surface area contributed by atoms with E-state index in [1.54, 1.807) is 29.7 Å². The molecule has 1 aliphatic rings. The molecule has 0 aliphatic carbocycles. The van der Waals surface area contributed by atoms with Gasteiger partial charge in [-0.05, 0) is 45.9 Å². The van der Waals surface area contributed by atoms with Crippen LogP contribution in [0.2, 0.25) is 0 Å². The van der Waals surface area contributed by atoms with E-state index in [1.165, 1.54) is 6.33 Å². The quantitative estimate of drug-likeness (QED) is 0.415. The fourth-order valence-corrected chi connectivity index (χ4v) is 4.61. The zero-order valence-electron chi connectivity index (χ0n) is 21.3. The molecule has 1 aromatic carbocycles. The molecule has 1 aliphatic heterocycles. The molecule has 5 rings (SSSR count). The van der Waals surface area contributed by atoms with Gasteiger partial charge in [-0.3, -0.25) is 0 Å². The number of piperazine rings is 1. The van der Waals surface area contributed by atoms with E-state index in [1.807, 2.05) is 49.7 Å². The first-order valence-electron chi connectivity index (χ1n) is 12.1. The molecule has 0 bridgehead atoms. The lowest BCUT2D eigenvalue weighted by Crippen LogP contribution is -2.54. The van der Waals surface area contributed by atoms with Crippen LogP contribution in [0.3, 0.4) is 0 Å². The van der Waals surface area contributed by atoms with Gasteiger partial charge >= 0.3 is 6.09 Å². The second-order valence-corrected chi connectivity index (χ2v) is 10.1. The van der Waals surface area contributed by atoms with E-state index in [9.17, 15) is 10.1 Å². The molecule has 1 saturated heterocycles. The van der Waals surface area contributed by atoms with Crippen molar-refractivity contribution in [3.05, 3.63) is 61.1 Å². The highest BCUT2D eigenvalue weighted by Gasteiger charge is 2.32. The average Bonchev–Trinajstić information content (AvgIpc) is 3.28. The Kier molecular flexibility index (Phi) is 6.21. The number of amides is 1. The summed E-state index contributed by atoms with van der Waals surface area (Å²) < 4.78 is 7.55. The minimum Gasteiger partial charge on any atom is -0.444 e. The second-order valence-electron chi connectivity index (χ2n) is 10.1. The Morgan fingerprint density at radius 3 is 2.62 bits per heavy atom. The van der Waals surface area contributed by atoms with Crippen molar-refractivity contribution in [1.82, 2.24) is 29.4 Å². The topological polar surface area (TPSA) is 113 Å². The molecular weight excluding hydrogens is 468 g/mol. The largest absolute Gasteiger partial charge is 0.444 e. The number of ether oxygens (including phenoxy) is 1. The van der Waals surface area contributed by atoms with E-state index < -0.39 is 5.60 Å². The number of hydrogen-bond acceptors (Lipinski definition) is 8. The monoisotopic (exact) mass is 496 g/mol. The minimum absolute atomic E-state index is 0.00971. The molecule has 37 heavy (non-hydrogen) atoms. The van der Waals surface area contributed by atoms with Gasteiger partial charge in [-0.2, -0.15) is 5.26 Å². The first-order chi connectivity index (χ1) is 17.7. The number of nitrogens with zero attached hydrogens (tertiary/aromatic N) is 8. The van der Waals surface area contributed by atoms with E-state index in [0.717, 1.165) is 28.0 Å². The first-order valence-corrected chi connectivity index (χ1v) is 12.1. The standard InChI is InChI=1S/C27H28N8O2/c1-18-14-33(26(36)37-27(2,3)4)8-9-34(18)24-23-22(20-12-29-16-30-13-20)15-35(25(23)32-17-31-24)21-7-5-6-19(10-21)11-28/h5-7,10,12-13,15-18H,8-9,14H2,1-4H3/t18-/m0/s1. The Morgan fingerprint density at radius 2 is 1.92 bits per heavy atom. The number of hydrogen-bond donors (Lipinski definition) is 0. The van der Waals surface area contributed by atoms with Gasteiger partial charge in [0.25, 0.3) is 0 Å². The molecule has 188 valence electrons. The van der Waals surface area contributed by atoms with Crippen LogP contribution in [-0.2, 0) is 4.74 Å². The molecular formula is C27H28N8O2. The second kappa shape index (κ2) is 9.50. The van der Waals surface area contributed by atoms with Gasteiger partial charge in [0.1, 0.15) is 24.1 Å². The molecule has 3 aromatic heterocycles. The lowest BCUT2D eigenvalue weighted by molar-refractivity contribution is 0.0218. The molecule has 1 fully saturated rings. The highest BCUT2D eigenvalue weighted by Crippen LogP contribution is 2.37. The maximum absolute atomic E-state index is 12.7. The Balaban J connectivity index is 1.59. The number of carbonyl (C=O) groups excluding carboxylic acids is 1. The average molecular weight is 497 g/mol. The fraction of sp³-hybridized carbons (Fsp3) is 0.333. The summed E-state index contributed by atoms with van der Waals surface area (Å²) in [5.74, 6) is 0.773. The van der Waals surface area contributed by atoms with Crippen molar-refractivity contribution in [3.63, 3.8) is 0 Å². The summed E-state index contributed by atoms with van der Waals surface area (Å²) in [5, 5.41) is 10.3. The van der Waals surface area contributed by atoms with Gasteiger partial charge in [0, 0.05) is 61.1 Å². The lowest BCUT2D eigenvalue weighted by Gasteiger charge is -2.41. The van der Waals surface area contributed by atoms with Crippen molar-refractivity contribution >= 4 is 22.9 Å². The predicted octanol–water partition coefficient (Wildman–Crippen LogP) is 4.19. The predicted molar refractivity (Wildman–Crippen MR) is 139 cm³/mol. The maximum Gasteiger partial charge on any atom is 0.410 e. The molecule has 0 saturated carbocycles. The third-order valence-electron chi connectivity index (χ3n) is 6.24. The lowest BCUT2D eigenvalue weighted by atomic mass is 10.1. The minimum atomic E-state index is -0.547. The van der Waals surface area contributed by atoms with Crippen LogP contribution < -0.4 is 4.90 Å². The van der Waals surface area contributed by atoms with E-state index in [-0.39, 0.29) is 12.1 Å². The SMILES string of the molecule is C[C@H]1CN(C(=O)OC(C)(C)C)CCN1c1ncnc2c1c(-c1cncnc1)cn2-c1cccc(C#N)c1. The fourth-order valence-electron chi connectivity index (χ4n) is 4.61. The van der Waals surface area contributed by atoms with Gasteiger partial charge in [0.15, 0.2) is 5.65 Å². The molecule has 0 radical (unpaired) electrons. The van der Waals surface area contributed by atoms with Gasteiger partial charge in [-0.25, -0.2) is 24.7 Å². The van der Waals surface area contributed by atoms with E-state index in [0.29, 0.717) is 30.8 Å². The summed E-state index contributed by atoms with van der Waals surface area (Å²) >= 11 is 0. The molecule has 0 unspecified atom stereocenters. The number of aromatic nitrogens is 5.